The standard InChI is InChI=1S/C25H31N5O4S2/c1-17-8-7-9-18(2)29(17)23(31)16-35-25-27-26-24(30(25)21-10-5-6-11-22(21)34-3)19-12-14-20(15-13-19)28-36(4,32)33/h5-6,10-15,17-18,28H,7-9,16H2,1-4H3/t17-,18-/m0/s1. The summed E-state index contributed by atoms with van der Waals surface area (Å²) < 4.78 is 33.1. The summed E-state index contributed by atoms with van der Waals surface area (Å²) in [4.78, 5) is 15.2. The van der Waals surface area contributed by atoms with E-state index in [0.29, 0.717) is 22.4 Å². The number of para-hydroxylation sites is 2. The van der Waals surface area contributed by atoms with Crippen molar-refractivity contribution in [3.63, 3.8) is 0 Å². The van der Waals surface area contributed by atoms with Gasteiger partial charge in [0.15, 0.2) is 11.0 Å². The van der Waals surface area contributed by atoms with Gasteiger partial charge in [-0.15, -0.1) is 10.2 Å². The Balaban J connectivity index is 1.67. The van der Waals surface area contributed by atoms with Crippen LogP contribution in [0.1, 0.15) is 33.1 Å². The van der Waals surface area contributed by atoms with E-state index in [4.69, 9.17) is 4.74 Å². The van der Waals surface area contributed by atoms with Gasteiger partial charge < -0.3 is 9.64 Å². The summed E-state index contributed by atoms with van der Waals surface area (Å²) in [5.41, 5.74) is 1.94. The average Bonchev–Trinajstić information content (AvgIpc) is 3.25. The van der Waals surface area contributed by atoms with E-state index >= 15 is 0 Å². The predicted octanol–water partition coefficient (Wildman–Crippen LogP) is 4.20. The van der Waals surface area contributed by atoms with E-state index in [-0.39, 0.29) is 23.7 Å². The fourth-order valence-electron chi connectivity index (χ4n) is 4.60. The van der Waals surface area contributed by atoms with Gasteiger partial charge in [-0.1, -0.05) is 23.9 Å². The van der Waals surface area contributed by atoms with Gasteiger partial charge in [0.1, 0.15) is 5.75 Å². The fourth-order valence-corrected chi connectivity index (χ4v) is 5.98. The number of rotatable bonds is 8. The number of amides is 1. The molecule has 1 fully saturated rings. The molecule has 0 unspecified atom stereocenters. The molecule has 0 aliphatic carbocycles. The number of carbonyl (C=O) groups is 1. The summed E-state index contributed by atoms with van der Waals surface area (Å²) in [6, 6.07) is 14.9. The molecule has 1 N–H and O–H groups in total. The van der Waals surface area contributed by atoms with Crippen molar-refractivity contribution in [2.24, 2.45) is 0 Å². The van der Waals surface area contributed by atoms with E-state index in [2.05, 4.69) is 28.8 Å². The first-order valence-electron chi connectivity index (χ1n) is 11.8. The van der Waals surface area contributed by atoms with Gasteiger partial charge in [0.05, 0.1) is 24.8 Å². The second-order valence-electron chi connectivity index (χ2n) is 8.98. The third kappa shape index (κ3) is 5.84. The molecule has 2 heterocycles. The molecule has 0 spiro atoms. The number of nitrogens with one attached hydrogen (secondary N) is 1. The van der Waals surface area contributed by atoms with Gasteiger partial charge in [-0.2, -0.15) is 0 Å². The number of thioether (sulfide) groups is 1. The largest absolute Gasteiger partial charge is 0.495 e. The summed E-state index contributed by atoms with van der Waals surface area (Å²) >= 11 is 1.34. The van der Waals surface area contributed by atoms with Crippen LogP contribution in [0.2, 0.25) is 0 Å². The molecular weight excluding hydrogens is 498 g/mol. The minimum Gasteiger partial charge on any atom is -0.495 e. The van der Waals surface area contributed by atoms with Crippen molar-refractivity contribution in [2.75, 3.05) is 23.8 Å². The third-order valence-electron chi connectivity index (χ3n) is 6.21. The molecule has 0 saturated carbocycles. The van der Waals surface area contributed by atoms with Gasteiger partial charge in [-0.25, -0.2) is 8.42 Å². The zero-order chi connectivity index (χ0) is 25.9. The van der Waals surface area contributed by atoms with Crippen molar-refractivity contribution >= 4 is 33.4 Å². The fraction of sp³-hybridized carbons (Fsp3) is 0.400. The molecule has 1 saturated heterocycles. The van der Waals surface area contributed by atoms with Gasteiger partial charge in [-0.3, -0.25) is 14.1 Å². The first kappa shape index (κ1) is 26.0. The highest BCUT2D eigenvalue weighted by molar-refractivity contribution is 7.99. The molecule has 9 nitrogen and oxygen atoms in total. The Kier molecular flexibility index (Phi) is 7.89. The minimum absolute atomic E-state index is 0.0898. The van der Waals surface area contributed by atoms with Crippen LogP contribution in [0.25, 0.3) is 17.1 Å². The van der Waals surface area contributed by atoms with E-state index in [1.807, 2.05) is 33.7 Å². The number of aromatic nitrogens is 3. The summed E-state index contributed by atoms with van der Waals surface area (Å²) in [6.07, 6.45) is 4.29. The van der Waals surface area contributed by atoms with E-state index in [1.54, 1.807) is 31.4 Å². The zero-order valence-electron chi connectivity index (χ0n) is 20.8. The number of carbonyl (C=O) groups excluding carboxylic acids is 1. The molecule has 36 heavy (non-hydrogen) atoms. The molecule has 1 aliphatic rings. The van der Waals surface area contributed by atoms with Crippen LogP contribution in [0.4, 0.5) is 5.69 Å². The van der Waals surface area contributed by atoms with Crippen LogP contribution >= 0.6 is 11.8 Å². The number of sulfonamides is 1. The molecule has 11 heteroatoms. The maximum Gasteiger partial charge on any atom is 0.233 e. The normalized spacial score (nSPS) is 18.2. The van der Waals surface area contributed by atoms with E-state index < -0.39 is 10.0 Å². The zero-order valence-corrected chi connectivity index (χ0v) is 22.5. The van der Waals surface area contributed by atoms with Crippen molar-refractivity contribution in [1.82, 2.24) is 19.7 Å². The third-order valence-corrected chi connectivity index (χ3v) is 7.73. The summed E-state index contributed by atoms with van der Waals surface area (Å²) in [5.74, 6) is 1.53. The number of hydrogen-bond acceptors (Lipinski definition) is 7. The highest BCUT2D eigenvalue weighted by atomic mass is 32.2. The van der Waals surface area contributed by atoms with Crippen LogP contribution in [0.5, 0.6) is 5.75 Å². The van der Waals surface area contributed by atoms with E-state index in [0.717, 1.165) is 36.8 Å². The lowest BCUT2D eigenvalue weighted by Gasteiger charge is -2.39. The topological polar surface area (TPSA) is 106 Å². The Morgan fingerprint density at radius 3 is 2.39 bits per heavy atom. The Bertz CT molecular complexity index is 1310. The minimum atomic E-state index is -3.38. The lowest BCUT2D eigenvalue weighted by Crippen LogP contribution is -2.48. The van der Waals surface area contributed by atoms with Crippen LogP contribution in [-0.4, -0.2) is 65.2 Å². The molecule has 0 bridgehead atoms. The molecule has 2 atom stereocenters. The highest BCUT2D eigenvalue weighted by Gasteiger charge is 2.29. The number of anilines is 1. The van der Waals surface area contributed by atoms with Crippen LogP contribution in [0.3, 0.4) is 0 Å². The first-order valence-corrected chi connectivity index (χ1v) is 14.7. The van der Waals surface area contributed by atoms with Gasteiger partial charge in [0.25, 0.3) is 0 Å². The van der Waals surface area contributed by atoms with Crippen LogP contribution < -0.4 is 9.46 Å². The molecule has 1 amide bonds. The molecule has 2 aromatic carbocycles. The molecule has 3 aromatic rings. The van der Waals surface area contributed by atoms with Crippen molar-refractivity contribution in [2.45, 2.75) is 50.4 Å². The number of benzene rings is 2. The molecule has 4 rings (SSSR count). The Morgan fingerprint density at radius 2 is 1.75 bits per heavy atom. The number of ether oxygens (including phenoxy) is 1. The molecular formula is C25H31N5O4S2. The second-order valence-corrected chi connectivity index (χ2v) is 11.7. The molecule has 192 valence electrons. The Labute approximate surface area is 216 Å². The first-order chi connectivity index (χ1) is 17.2. The Hall–Kier alpha value is -3.05. The summed E-state index contributed by atoms with van der Waals surface area (Å²) in [6.45, 7) is 4.21. The quantitative estimate of drug-likeness (QED) is 0.436. The smallest absolute Gasteiger partial charge is 0.233 e. The van der Waals surface area contributed by atoms with Crippen molar-refractivity contribution in [3.05, 3.63) is 48.5 Å². The van der Waals surface area contributed by atoms with Crippen LogP contribution in [0, 0.1) is 0 Å². The number of hydrogen-bond donors (Lipinski definition) is 1. The number of methoxy groups -OCH3 is 1. The van der Waals surface area contributed by atoms with Crippen LogP contribution in [-0.2, 0) is 14.8 Å². The average molecular weight is 530 g/mol. The lowest BCUT2D eigenvalue weighted by atomic mass is 9.98. The molecule has 1 aromatic heterocycles. The Morgan fingerprint density at radius 1 is 1.08 bits per heavy atom. The second kappa shape index (κ2) is 10.9. The van der Waals surface area contributed by atoms with Gasteiger partial charge in [0, 0.05) is 23.3 Å². The predicted molar refractivity (Wildman–Crippen MR) is 142 cm³/mol. The maximum atomic E-state index is 13.2. The van der Waals surface area contributed by atoms with E-state index in [1.165, 1.54) is 11.8 Å². The van der Waals surface area contributed by atoms with E-state index in [9.17, 15) is 13.2 Å². The van der Waals surface area contributed by atoms with Crippen molar-refractivity contribution < 1.29 is 17.9 Å². The van der Waals surface area contributed by atoms with Gasteiger partial charge in [-0.05, 0) is 69.5 Å². The number of piperidine rings is 1. The lowest BCUT2D eigenvalue weighted by molar-refractivity contribution is -0.134. The molecule has 0 radical (unpaired) electrons. The monoisotopic (exact) mass is 529 g/mol. The van der Waals surface area contributed by atoms with Gasteiger partial charge >= 0.3 is 0 Å². The number of nitrogens with zero attached hydrogens (tertiary/aromatic N) is 4. The maximum absolute atomic E-state index is 13.2. The van der Waals surface area contributed by atoms with Crippen LogP contribution in [0.15, 0.2) is 53.7 Å². The van der Waals surface area contributed by atoms with Crippen molar-refractivity contribution in [3.8, 4) is 22.8 Å². The van der Waals surface area contributed by atoms with Crippen molar-refractivity contribution in [1.29, 1.82) is 0 Å². The SMILES string of the molecule is COc1ccccc1-n1c(SCC(=O)N2[C@@H](C)CCC[C@@H]2C)nnc1-c1ccc(NS(C)(=O)=O)cc1. The summed E-state index contributed by atoms with van der Waals surface area (Å²) in [5, 5.41) is 9.42. The molecule has 1 aliphatic heterocycles. The van der Waals surface area contributed by atoms with Gasteiger partial charge in [0.2, 0.25) is 15.9 Å². The summed E-state index contributed by atoms with van der Waals surface area (Å²) in [7, 11) is -1.78. The highest BCUT2D eigenvalue weighted by Crippen LogP contribution is 2.33. The number of likely N-dealkylation sites (tertiary alicyclic amines) is 1.